The van der Waals surface area contributed by atoms with E-state index >= 15 is 0 Å². The van der Waals surface area contributed by atoms with Gasteiger partial charge in [0.25, 0.3) is 16.4 Å². The van der Waals surface area contributed by atoms with E-state index in [2.05, 4.69) is 15.1 Å². The zero-order valence-corrected chi connectivity index (χ0v) is 16.0. The number of aryl methyl sites for hydroxylation is 2. The van der Waals surface area contributed by atoms with Crippen LogP contribution in [0.1, 0.15) is 18.4 Å². The minimum Gasteiger partial charge on any atom is -0.342 e. The zero-order chi connectivity index (χ0) is 20.2. The maximum absolute atomic E-state index is 14.5. The number of nitrogens with zero attached hydrogens (tertiary/aromatic N) is 4. The molecule has 150 valence electrons. The van der Waals surface area contributed by atoms with Gasteiger partial charge in [0, 0.05) is 24.5 Å². The second-order valence-electron chi connectivity index (χ2n) is 6.87. The van der Waals surface area contributed by atoms with Crippen LogP contribution >= 0.6 is 0 Å². The van der Waals surface area contributed by atoms with Crippen molar-refractivity contribution in [3.63, 3.8) is 0 Å². The summed E-state index contributed by atoms with van der Waals surface area (Å²) in [6, 6.07) is 1.16. The number of sulfonamides is 1. The summed E-state index contributed by atoms with van der Waals surface area (Å²) in [4.78, 5) is 6.74. The molecule has 0 saturated carbocycles. The molecule has 1 N–H and O–H groups in total. The van der Waals surface area contributed by atoms with Crippen molar-refractivity contribution in [2.24, 2.45) is 7.05 Å². The lowest BCUT2D eigenvalue weighted by molar-refractivity contribution is 0.0784. The summed E-state index contributed by atoms with van der Waals surface area (Å²) < 4.78 is 69.2. The van der Waals surface area contributed by atoms with Crippen LogP contribution in [-0.4, -0.2) is 51.5 Å². The predicted octanol–water partition coefficient (Wildman–Crippen LogP) is 2.83. The fourth-order valence-electron chi connectivity index (χ4n) is 3.69. The predicted molar refractivity (Wildman–Crippen MR) is 95.9 cm³/mol. The molecule has 3 heterocycles. The van der Waals surface area contributed by atoms with Crippen molar-refractivity contribution in [1.82, 2.24) is 24.1 Å². The Morgan fingerprint density at radius 2 is 2.07 bits per heavy atom. The van der Waals surface area contributed by atoms with Gasteiger partial charge in [-0.15, -0.1) is 0 Å². The van der Waals surface area contributed by atoms with E-state index in [4.69, 9.17) is 0 Å². The lowest BCUT2D eigenvalue weighted by Gasteiger charge is -2.22. The first kappa shape index (κ1) is 18.9. The molecule has 4 rings (SSSR count). The molecule has 7 nitrogen and oxygen atoms in total. The minimum absolute atomic E-state index is 0.00285. The van der Waals surface area contributed by atoms with Gasteiger partial charge in [-0.3, -0.25) is 4.68 Å². The monoisotopic (exact) mass is 413 g/mol. The van der Waals surface area contributed by atoms with Crippen LogP contribution in [-0.2, 0) is 17.1 Å². The molecule has 1 atom stereocenters. The third-order valence-corrected chi connectivity index (χ3v) is 6.83. The average Bonchev–Trinajstić information content (AvgIpc) is 3.33. The molecule has 0 spiro atoms. The van der Waals surface area contributed by atoms with Crippen LogP contribution in [0, 0.1) is 12.7 Å². The van der Waals surface area contributed by atoms with Gasteiger partial charge in [-0.1, -0.05) is 0 Å². The van der Waals surface area contributed by atoms with E-state index in [0.29, 0.717) is 23.4 Å². The Bertz CT molecular complexity index is 1160. The molecule has 0 aliphatic carbocycles. The number of halogens is 3. The van der Waals surface area contributed by atoms with Gasteiger partial charge in [0.05, 0.1) is 11.6 Å². The molecule has 11 heteroatoms. The van der Waals surface area contributed by atoms with Crippen molar-refractivity contribution in [3.8, 4) is 11.4 Å². The van der Waals surface area contributed by atoms with Crippen LogP contribution in [0.2, 0.25) is 0 Å². The molecule has 1 aromatic carbocycles. The standard InChI is InChI=1S/C17H18F3N5O2S/c1-9-6-11(18)15-10(14(9)17-21-8-24(2)23-17)7-13(22-15)28(26,27)25-5-3-4-12(25)16(19)20/h6-8,12,16,22H,3-5H2,1-2H3/t12-/m1/s1. The Hall–Kier alpha value is -2.40. The number of benzene rings is 1. The minimum atomic E-state index is -4.23. The van der Waals surface area contributed by atoms with E-state index in [-0.39, 0.29) is 28.9 Å². The number of rotatable bonds is 4. The summed E-state index contributed by atoms with van der Waals surface area (Å²) in [5.74, 6) is -0.319. The molecule has 1 saturated heterocycles. The average molecular weight is 413 g/mol. The number of alkyl halides is 2. The fraction of sp³-hybridized carbons (Fsp3) is 0.412. The second-order valence-corrected chi connectivity index (χ2v) is 8.73. The smallest absolute Gasteiger partial charge is 0.258 e. The number of hydrogen-bond donors (Lipinski definition) is 1. The highest BCUT2D eigenvalue weighted by Crippen LogP contribution is 2.35. The first-order valence-electron chi connectivity index (χ1n) is 8.68. The Labute approximate surface area is 159 Å². The van der Waals surface area contributed by atoms with Crippen LogP contribution in [0.15, 0.2) is 23.5 Å². The van der Waals surface area contributed by atoms with Crippen LogP contribution in [0.5, 0.6) is 0 Å². The van der Waals surface area contributed by atoms with Gasteiger partial charge in [-0.05, 0) is 37.5 Å². The van der Waals surface area contributed by atoms with Crippen LogP contribution in [0.3, 0.4) is 0 Å². The van der Waals surface area contributed by atoms with Crippen molar-refractivity contribution >= 4 is 20.9 Å². The van der Waals surface area contributed by atoms with Crippen molar-refractivity contribution < 1.29 is 21.6 Å². The maximum atomic E-state index is 14.5. The van der Waals surface area contributed by atoms with E-state index in [1.54, 1.807) is 14.0 Å². The molecule has 1 fully saturated rings. The highest BCUT2D eigenvalue weighted by Gasteiger charge is 2.41. The van der Waals surface area contributed by atoms with Crippen molar-refractivity contribution in [2.75, 3.05) is 6.54 Å². The molecular weight excluding hydrogens is 395 g/mol. The Morgan fingerprint density at radius 3 is 2.71 bits per heavy atom. The number of aromatic nitrogens is 4. The van der Waals surface area contributed by atoms with E-state index in [1.807, 2.05) is 0 Å². The van der Waals surface area contributed by atoms with Gasteiger partial charge >= 0.3 is 0 Å². The van der Waals surface area contributed by atoms with Gasteiger partial charge in [0.1, 0.15) is 17.2 Å². The Balaban J connectivity index is 1.89. The molecule has 28 heavy (non-hydrogen) atoms. The van der Waals surface area contributed by atoms with Gasteiger partial charge < -0.3 is 4.98 Å². The summed E-state index contributed by atoms with van der Waals surface area (Å²) in [5, 5.41) is 4.18. The molecule has 1 aliphatic heterocycles. The Morgan fingerprint density at radius 1 is 1.32 bits per heavy atom. The lowest BCUT2D eigenvalue weighted by Crippen LogP contribution is -2.39. The first-order valence-corrected chi connectivity index (χ1v) is 10.1. The summed E-state index contributed by atoms with van der Waals surface area (Å²) in [6.45, 7) is 1.67. The Kier molecular flexibility index (Phi) is 4.46. The lowest BCUT2D eigenvalue weighted by atomic mass is 10.0. The van der Waals surface area contributed by atoms with E-state index in [0.717, 1.165) is 4.31 Å². The molecular formula is C17H18F3N5O2S. The van der Waals surface area contributed by atoms with E-state index < -0.39 is 28.3 Å². The van der Waals surface area contributed by atoms with E-state index in [1.165, 1.54) is 23.1 Å². The largest absolute Gasteiger partial charge is 0.342 e. The van der Waals surface area contributed by atoms with Crippen LogP contribution in [0.25, 0.3) is 22.3 Å². The number of nitrogens with one attached hydrogen (secondary N) is 1. The highest BCUT2D eigenvalue weighted by atomic mass is 32.2. The normalized spacial score (nSPS) is 18.6. The third-order valence-electron chi connectivity index (χ3n) is 4.99. The van der Waals surface area contributed by atoms with Crippen LogP contribution < -0.4 is 0 Å². The highest BCUT2D eigenvalue weighted by molar-refractivity contribution is 7.89. The van der Waals surface area contributed by atoms with Gasteiger partial charge in [-0.25, -0.2) is 26.6 Å². The quantitative estimate of drug-likeness (QED) is 0.713. The number of hydrogen-bond acceptors (Lipinski definition) is 4. The number of fused-ring (bicyclic) bond motifs is 1. The van der Waals surface area contributed by atoms with Crippen LogP contribution in [0.4, 0.5) is 13.2 Å². The van der Waals surface area contributed by atoms with Gasteiger partial charge in [-0.2, -0.15) is 9.40 Å². The molecule has 0 radical (unpaired) electrons. The van der Waals surface area contributed by atoms with E-state index in [9.17, 15) is 21.6 Å². The number of aromatic amines is 1. The van der Waals surface area contributed by atoms with Gasteiger partial charge in [0.2, 0.25) is 0 Å². The maximum Gasteiger partial charge on any atom is 0.258 e. The molecule has 1 aliphatic rings. The first-order chi connectivity index (χ1) is 13.2. The fourth-order valence-corrected chi connectivity index (χ4v) is 5.37. The SMILES string of the molecule is Cc1cc(F)c2[nH]c(S(=O)(=O)N3CCC[C@@H]3C(F)F)cc2c1-c1ncn(C)n1. The summed E-state index contributed by atoms with van der Waals surface area (Å²) in [7, 11) is -2.56. The molecule has 3 aromatic rings. The molecule has 0 amide bonds. The third kappa shape index (κ3) is 2.89. The van der Waals surface area contributed by atoms with Crippen molar-refractivity contribution in [1.29, 1.82) is 0 Å². The zero-order valence-electron chi connectivity index (χ0n) is 15.2. The number of H-pyrrole nitrogens is 1. The summed E-state index contributed by atoms with van der Waals surface area (Å²) >= 11 is 0. The second kappa shape index (κ2) is 6.59. The molecule has 0 unspecified atom stereocenters. The molecule has 0 bridgehead atoms. The summed E-state index contributed by atoms with van der Waals surface area (Å²) in [5.41, 5.74) is 0.992. The summed E-state index contributed by atoms with van der Waals surface area (Å²) in [6.07, 6.45) is -0.862. The van der Waals surface area contributed by atoms with Crippen molar-refractivity contribution in [3.05, 3.63) is 29.8 Å². The van der Waals surface area contributed by atoms with Gasteiger partial charge in [0.15, 0.2) is 5.82 Å². The topological polar surface area (TPSA) is 83.9 Å². The molecule has 2 aromatic heterocycles. The van der Waals surface area contributed by atoms with Crippen molar-refractivity contribution in [2.45, 2.75) is 37.3 Å².